The Bertz CT molecular complexity index is 810. The Hall–Kier alpha value is -2.38. The molecule has 2 aromatic carbocycles. The number of nitrogens with one attached hydrogen (secondary N) is 1. The molecular weight excluding hydrogens is 390 g/mol. The summed E-state index contributed by atoms with van der Waals surface area (Å²) in [5, 5.41) is 3.21. The molecule has 0 fully saturated rings. The molecule has 0 heterocycles. The summed E-state index contributed by atoms with van der Waals surface area (Å²) in [4.78, 5) is 24.4. The number of hydrogen-bond acceptors (Lipinski definition) is 5. The summed E-state index contributed by atoms with van der Waals surface area (Å²) >= 11 is 5.78. The van der Waals surface area contributed by atoms with Crippen molar-refractivity contribution in [3.05, 3.63) is 59.1 Å². The van der Waals surface area contributed by atoms with E-state index in [1.165, 1.54) is 6.07 Å². The Labute approximate surface area is 165 Å². The zero-order chi connectivity index (χ0) is 19.6. The molecule has 0 unspecified atom stereocenters. The molecule has 0 aliphatic carbocycles. The van der Waals surface area contributed by atoms with E-state index in [1.54, 1.807) is 49.4 Å². The molecule has 0 saturated heterocycles. The highest BCUT2D eigenvalue weighted by atomic mass is 35.5. The number of ether oxygens (including phenoxy) is 2. The van der Waals surface area contributed by atoms with Gasteiger partial charge in [-0.05, 0) is 36.4 Å². The van der Waals surface area contributed by atoms with E-state index in [1.807, 2.05) is 0 Å². The van der Waals surface area contributed by atoms with E-state index in [2.05, 4.69) is 5.32 Å². The van der Waals surface area contributed by atoms with Crippen molar-refractivity contribution >= 4 is 34.3 Å². The molecule has 144 valence electrons. The topological polar surface area (TPSA) is 81.7 Å². The van der Waals surface area contributed by atoms with Crippen molar-refractivity contribution in [2.75, 3.05) is 25.5 Å². The van der Waals surface area contributed by atoms with Crippen LogP contribution in [0.5, 0.6) is 5.75 Å². The molecule has 1 amide bonds. The molecule has 0 spiro atoms. The third-order valence-electron chi connectivity index (χ3n) is 3.46. The lowest BCUT2D eigenvalue weighted by Crippen LogP contribution is -2.32. The number of halogens is 1. The molecule has 0 radical (unpaired) electrons. The first kappa shape index (κ1) is 20.9. The third kappa shape index (κ3) is 6.69. The van der Waals surface area contributed by atoms with Gasteiger partial charge in [0, 0.05) is 10.8 Å². The number of esters is 1. The molecule has 8 heteroatoms. The smallest absolute Gasteiger partial charge is 0.339 e. The van der Waals surface area contributed by atoms with E-state index < -0.39 is 29.3 Å². The van der Waals surface area contributed by atoms with Crippen LogP contribution in [-0.2, 0) is 20.3 Å². The maximum absolute atomic E-state index is 12.2. The molecule has 0 aliphatic rings. The van der Waals surface area contributed by atoms with Crippen molar-refractivity contribution in [1.29, 1.82) is 0 Å². The van der Waals surface area contributed by atoms with Gasteiger partial charge in [-0.25, -0.2) is 4.79 Å². The van der Waals surface area contributed by atoms with E-state index >= 15 is 0 Å². The standard InChI is InChI=1S/C19H20ClNO5S/c1-2-27(24)17-6-4-3-5-16(17)19(23)26-13-18(22)21-11-12-25-15-9-7-14(20)8-10-15/h3-10H,2,11-13H2,1H3,(H,21,22)/t27-/m1/s1. The summed E-state index contributed by atoms with van der Waals surface area (Å²) in [6.45, 7) is 1.86. The summed E-state index contributed by atoms with van der Waals surface area (Å²) in [5.41, 5.74) is 0.205. The van der Waals surface area contributed by atoms with Crippen molar-refractivity contribution in [3.63, 3.8) is 0 Å². The predicted octanol–water partition coefficient (Wildman–Crippen LogP) is 2.82. The summed E-state index contributed by atoms with van der Waals surface area (Å²) < 4.78 is 22.4. The van der Waals surface area contributed by atoms with E-state index in [0.29, 0.717) is 21.4 Å². The van der Waals surface area contributed by atoms with Crippen molar-refractivity contribution in [2.45, 2.75) is 11.8 Å². The first-order chi connectivity index (χ1) is 13.0. The summed E-state index contributed by atoms with van der Waals surface area (Å²) in [6.07, 6.45) is 0. The van der Waals surface area contributed by atoms with Crippen LogP contribution in [0.25, 0.3) is 0 Å². The Morgan fingerprint density at radius 2 is 1.81 bits per heavy atom. The second kappa shape index (κ2) is 10.7. The molecular formula is C19H20ClNO5S. The molecule has 0 aromatic heterocycles. The van der Waals surface area contributed by atoms with Gasteiger partial charge in [-0.1, -0.05) is 30.7 Å². The first-order valence-electron chi connectivity index (χ1n) is 8.31. The molecule has 27 heavy (non-hydrogen) atoms. The van der Waals surface area contributed by atoms with Gasteiger partial charge in [-0.15, -0.1) is 0 Å². The van der Waals surface area contributed by atoms with Crippen LogP contribution < -0.4 is 10.1 Å². The van der Waals surface area contributed by atoms with Crippen molar-refractivity contribution in [3.8, 4) is 5.75 Å². The molecule has 2 aromatic rings. The average molecular weight is 410 g/mol. The first-order valence-corrected chi connectivity index (χ1v) is 10.0. The minimum atomic E-state index is -1.29. The van der Waals surface area contributed by atoms with Crippen LogP contribution in [0.2, 0.25) is 5.02 Å². The second-order valence-electron chi connectivity index (χ2n) is 5.36. The number of hydrogen-bond donors (Lipinski definition) is 1. The molecule has 0 aliphatic heterocycles. The van der Waals surface area contributed by atoms with Crippen molar-refractivity contribution < 1.29 is 23.3 Å². The minimum absolute atomic E-state index is 0.205. The number of rotatable bonds is 9. The van der Waals surface area contributed by atoms with E-state index in [-0.39, 0.29) is 18.7 Å². The van der Waals surface area contributed by atoms with Crippen LogP contribution in [0.4, 0.5) is 0 Å². The maximum atomic E-state index is 12.2. The van der Waals surface area contributed by atoms with Crippen LogP contribution in [0.1, 0.15) is 17.3 Å². The highest BCUT2D eigenvalue weighted by Crippen LogP contribution is 2.16. The van der Waals surface area contributed by atoms with Crippen molar-refractivity contribution in [1.82, 2.24) is 5.32 Å². The van der Waals surface area contributed by atoms with Crippen LogP contribution >= 0.6 is 11.6 Å². The highest BCUT2D eigenvalue weighted by Gasteiger charge is 2.17. The molecule has 0 bridgehead atoms. The number of benzene rings is 2. The van der Waals surface area contributed by atoms with Gasteiger partial charge in [0.15, 0.2) is 6.61 Å². The lowest BCUT2D eigenvalue weighted by Gasteiger charge is -2.10. The average Bonchev–Trinajstić information content (AvgIpc) is 2.70. The fraction of sp³-hybridized carbons (Fsp3) is 0.263. The zero-order valence-electron chi connectivity index (χ0n) is 14.8. The van der Waals surface area contributed by atoms with Crippen LogP contribution in [0, 0.1) is 0 Å². The third-order valence-corrected chi connectivity index (χ3v) is 5.08. The van der Waals surface area contributed by atoms with Gasteiger partial charge in [-0.2, -0.15) is 0 Å². The van der Waals surface area contributed by atoms with Crippen LogP contribution in [0.15, 0.2) is 53.4 Å². The number of amides is 1. The molecule has 2 rings (SSSR count). The molecule has 6 nitrogen and oxygen atoms in total. The summed E-state index contributed by atoms with van der Waals surface area (Å²) in [7, 11) is -1.29. The van der Waals surface area contributed by atoms with Crippen LogP contribution in [0.3, 0.4) is 0 Å². The number of carbonyl (C=O) groups excluding carboxylic acids is 2. The zero-order valence-corrected chi connectivity index (χ0v) is 16.3. The Kier molecular flexibility index (Phi) is 8.29. The van der Waals surface area contributed by atoms with E-state index in [4.69, 9.17) is 21.1 Å². The van der Waals surface area contributed by atoms with E-state index in [0.717, 1.165) is 0 Å². The fourth-order valence-corrected chi connectivity index (χ4v) is 3.20. The summed E-state index contributed by atoms with van der Waals surface area (Å²) in [5.74, 6) is -0.101. The fourth-order valence-electron chi connectivity index (χ4n) is 2.14. The van der Waals surface area contributed by atoms with Gasteiger partial charge in [-0.3, -0.25) is 9.00 Å². The van der Waals surface area contributed by atoms with Crippen molar-refractivity contribution in [2.24, 2.45) is 0 Å². The SMILES string of the molecule is CC[S@@](=O)c1ccccc1C(=O)OCC(=O)NCCOc1ccc(Cl)cc1. The lowest BCUT2D eigenvalue weighted by molar-refractivity contribution is -0.124. The van der Waals surface area contributed by atoms with Gasteiger partial charge in [0.1, 0.15) is 12.4 Å². The van der Waals surface area contributed by atoms with Gasteiger partial charge in [0.25, 0.3) is 5.91 Å². The van der Waals surface area contributed by atoms with Gasteiger partial charge in [0.05, 0.1) is 27.8 Å². The Morgan fingerprint density at radius 1 is 1.11 bits per heavy atom. The van der Waals surface area contributed by atoms with E-state index in [9.17, 15) is 13.8 Å². The van der Waals surface area contributed by atoms with Gasteiger partial charge in [0.2, 0.25) is 0 Å². The normalized spacial score (nSPS) is 11.5. The quantitative estimate of drug-likeness (QED) is 0.508. The van der Waals surface area contributed by atoms with Gasteiger partial charge < -0.3 is 14.8 Å². The molecule has 0 saturated carbocycles. The predicted molar refractivity (Wildman–Crippen MR) is 104 cm³/mol. The monoisotopic (exact) mass is 409 g/mol. The summed E-state index contributed by atoms with van der Waals surface area (Å²) in [6, 6.07) is 13.4. The van der Waals surface area contributed by atoms with Gasteiger partial charge >= 0.3 is 5.97 Å². The van der Waals surface area contributed by atoms with Crippen LogP contribution in [-0.4, -0.2) is 41.6 Å². The number of carbonyl (C=O) groups is 2. The largest absolute Gasteiger partial charge is 0.492 e. The second-order valence-corrected chi connectivity index (χ2v) is 7.50. The maximum Gasteiger partial charge on any atom is 0.339 e. The Balaban J connectivity index is 1.74. The molecule has 1 atom stereocenters. The molecule has 1 N–H and O–H groups in total. The minimum Gasteiger partial charge on any atom is -0.492 e. The lowest BCUT2D eigenvalue weighted by atomic mass is 10.2. The highest BCUT2D eigenvalue weighted by molar-refractivity contribution is 7.85. The Morgan fingerprint density at radius 3 is 2.52 bits per heavy atom.